The molecule has 1 aliphatic rings. The molecular weight excluding hydrogens is 210 g/mol. The first kappa shape index (κ1) is 10.8. The standard InChI is InChI=1S/C15H17NO/c16-14-7-8-15(17,10-14)13-6-5-11-3-1-2-4-12(11)9-13/h1-6,9,14,17H,7-8,10,16H2. The Morgan fingerprint density at radius 1 is 1.12 bits per heavy atom. The van der Waals surface area contributed by atoms with E-state index in [1.165, 1.54) is 10.8 Å². The monoisotopic (exact) mass is 227 g/mol. The topological polar surface area (TPSA) is 46.2 Å². The van der Waals surface area contributed by atoms with Crippen LogP contribution in [-0.2, 0) is 5.60 Å². The molecule has 0 aliphatic heterocycles. The van der Waals surface area contributed by atoms with Gasteiger partial charge in [0.1, 0.15) is 0 Å². The zero-order valence-corrected chi connectivity index (χ0v) is 9.76. The van der Waals surface area contributed by atoms with Gasteiger partial charge in [-0.2, -0.15) is 0 Å². The Kier molecular flexibility index (Phi) is 2.42. The summed E-state index contributed by atoms with van der Waals surface area (Å²) < 4.78 is 0. The summed E-state index contributed by atoms with van der Waals surface area (Å²) in [5.41, 5.74) is 6.19. The first-order valence-electron chi connectivity index (χ1n) is 6.15. The normalized spacial score (nSPS) is 28.7. The summed E-state index contributed by atoms with van der Waals surface area (Å²) in [4.78, 5) is 0. The molecule has 0 saturated heterocycles. The molecule has 0 bridgehead atoms. The number of aliphatic hydroxyl groups is 1. The highest BCUT2D eigenvalue weighted by Gasteiger charge is 2.37. The van der Waals surface area contributed by atoms with E-state index in [1.807, 2.05) is 18.2 Å². The highest BCUT2D eigenvalue weighted by atomic mass is 16.3. The van der Waals surface area contributed by atoms with Crippen LogP contribution in [0.15, 0.2) is 42.5 Å². The molecule has 2 heteroatoms. The maximum atomic E-state index is 10.6. The van der Waals surface area contributed by atoms with Gasteiger partial charge >= 0.3 is 0 Å². The third-order valence-corrected chi connectivity index (χ3v) is 3.82. The zero-order valence-electron chi connectivity index (χ0n) is 9.76. The largest absolute Gasteiger partial charge is 0.385 e. The van der Waals surface area contributed by atoms with E-state index in [4.69, 9.17) is 5.73 Å². The molecule has 3 rings (SSSR count). The molecule has 17 heavy (non-hydrogen) atoms. The molecule has 2 unspecified atom stereocenters. The highest BCUT2D eigenvalue weighted by Crippen LogP contribution is 2.38. The summed E-state index contributed by atoms with van der Waals surface area (Å²) in [5, 5.41) is 13.0. The van der Waals surface area contributed by atoms with E-state index in [1.54, 1.807) is 0 Å². The van der Waals surface area contributed by atoms with Crippen LogP contribution in [0.2, 0.25) is 0 Å². The predicted octanol–water partition coefficient (Wildman–Crippen LogP) is 2.54. The fraction of sp³-hybridized carbons (Fsp3) is 0.333. The predicted molar refractivity (Wildman–Crippen MR) is 69.7 cm³/mol. The molecule has 2 aromatic carbocycles. The summed E-state index contributed by atoms with van der Waals surface area (Å²) in [6, 6.07) is 14.5. The van der Waals surface area contributed by atoms with Gasteiger partial charge in [0.05, 0.1) is 5.60 Å². The van der Waals surface area contributed by atoms with Crippen molar-refractivity contribution in [2.24, 2.45) is 5.73 Å². The lowest BCUT2D eigenvalue weighted by atomic mass is 9.90. The lowest BCUT2D eigenvalue weighted by Crippen LogP contribution is -2.25. The van der Waals surface area contributed by atoms with Crippen molar-refractivity contribution in [3.8, 4) is 0 Å². The molecule has 0 heterocycles. The first-order valence-corrected chi connectivity index (χ1v) is 6.15. The van der Waals surface area contributed by atoms with E-state index in [-0.39, 0.29) is 6.04 Å². The van der Waals surface area contributed by atoms with Crippen LogP contribution in [0.5, 0.6) is 0 Å². The van der Waals surface area contributed by atoms with Crippen LogP contribution >= 0.6 is 0 Å². The van der Waals surface area contributed by atoms with Crippen LogP contribution in [0, 0.1) is 0 Å². The van der Waals surface area contributed by atoms with E-state index >= 15 is 0 Å². The van der Waals surface area contributed by atoms with E-state index in [0.29, 0.717) is 6.42 Å². The minimum atomic E-state index is -0.719. The van der Waals surface area contributed by atoms with Crippen LogP contribution in [0.3, 0.4) is 0 Å². The van der Waals surface area contributed by atoms with Gasteiger partial charge in [-0.3, -0.25) is 0 Å². The maximum absolute atomic E-state index is 10.6. The number of benzene rings is 2. The van der Waals surface area contributed by atoms with Gasteiger partial charge in [-0.05, 0) is 41.7 Å². The number of fused-ring (bicyclic) bond motifs is 1. The first-order chi connectivity index (χ1) is 8.17. The molecule has 2 nitrogen and oxygen atoms in total. The second-order valence-corrected chi connectivity index (χ2v) is 5.10. The molecule has 3 N–H and O–H groups in total. The zero-order chi connectivity index (χ0) is 11.9. The minimum absolute atomic E-state index is 0.131. The molecule has 2 aromatic rings. The van der Waals surface area contributed by atoms with Crippen molar-refractivity contribution < 1.29 is 5.11 Å². The van der Waals surface area contributed by atoms with Gasteiger partial charge in [-0.25, -0.2) is 0 Å². The van der Waals surface area contributed by atoms with Gasteiger partial charge in [0.15, 0.2) is 0 Å². The van der Waals surface area contributed by atoms with Gasteiger partial charge in [0, 0.05) is 6.04 Å². The second-order valence-electron chi connectivity index (χ2n) is 5.10. The summed E-state index contributed by atoms with van der Waals surface area (Å²) in [7, 11) is 0. The van der Waals surface area contributed by atoms with Crippen molar-refractivity contribution in [2.75, 3.05) is 0 Å². The van der Waals surface area contributed by atoms with Crippen LogP contribution in [0.4, 0.5) is 0 Å². The molecule has 0 aromatic heterocycles. The number of rotatable bonds is 1. The summed E-state index contributed by atoms with van der Waals surface area (Å²) in [6.45, 7) is 0. The van der Waals surface area contributed by atoms with Crippen molar-refractivity contribution in [3.05, 3.63) is 48.0 Å². The molecule has 1 fully saturated rings. The third kappa shape index (κ3) is 1.84. The van der Waals surface area contributed by atoms with Gasteiger partial charge in [0.25, 0.3) is 0 Å². The Morgan fingerprint density at radius 3 is 2.59 bits per heavy atom. The van der Waals surface area contributed by atoms with Crippen LogP contribution < -0.4 is 5.73 Å². The smallest absolute Gasteiger partial charge is 0.0912 e. The molecular formula is C15H17NO. The van der Waals surface area contributed by atoms with Gasteiger partial charge in [0.2, 0.25) is 0 Å². The summed E-state index contributed by atoms with van der Waals surface area (Å²) >= 11 is 0. The molecule has 1 aliphatic carbocycles. The lowest BCUT2D eigenvalue weighted by Gasteiger charge is -2.23. The van der Waals surface area contributed by atoms with Crippen LogP contribution in [0.1, 0.15) is 24.8 Å². The third-order valence-electron chi connectivity index (χ3n) is 3.82. The number of nitrogens with two attached hydrogens (primary N) is 1. The van der Waals surface area contributed by atoms with Gasteiger partial charge < -0.3 is 10.8 Å². The number of hydrogen-bond donors (Lipinski definition) is 2. The van der Waals surface area contributed by atoms with Crippen molar-refractivity contribution in [3.63, 3.8) is 0 Å². The fourth-order valence-corrected chi connectivity index (χ4v) is 2.80. The summed E-state index contributed by atoms with van der Waals surface area (Å²) in [5.74, 6) is 0. The fourth-order valence-electron chi connectivity index (χ4n) is 2.80. The van der Waals surface area contributed by atoms with Crippen molar-refractivity contribution in [2.45, 2.75) is 30.9 Å². The Balaban J connectivity index is 2.06. The van der Waals surface area contributed by atoms with E-state index in [2.05, 4.69) is 24.3 Å². The molecule has 0 radical (unpaired) electrons. The second kappa shape index (κ2) is 3.83. The molecule has 1 saturated carbocycles. The van der Waals surface area contributed by atoms with E-state index in [9.17, 15) is 5.11 Å². The van der Waals surface area contributed by atoms with E-state index < -0.39 is 5.60 Å². The lowest BCUT2D eigenvalue weighted by molar-refractivity contribution is 0.0432. The summed E-state index contributed by atoms with van der Waals surface area (Å²) in [6.07, 6.45) is 2.35. The molecule has 0 spiro atoms. The SMILES string of the molecule is NC1CCC(O)(c2ccc3ccccc3c2)C1. The average Bonchev–Trinajstić information content (AvgIpc) is 2.70. The molecule has 0 amide bonds. The quantitative estimate of drug-likeness (QED) is 0.786. The Labute approximate surface area is 101 Å². The molecule has 2 atom stereocenters. The Morgan fingerprint density at radius 2 is 1.88 bits per heavy atom. The van der Waals surface area contributed by atoms with Crippen molar-refractivity contribution >= 4 is 10.8 Å². The van der Waals surface area contributed by atoms with Gasteiger partial charge in [-0.1, -0.05) is 36.4 Å². The van der Waals surface area contributed by atoms with Crippen LogP contribution in [-0.4, -0.2) is 11.1 Å². The van der Waals surface area contributed by atoms with Crippen LogP contribution in [0.25, 0.3) is 10.8 Å². The van der Waals surface area contributed by atoms with Crippen molar-refractivity contribution in [1.82, 2.24) is 0 Å². The Hall–Kier alpha value is -1.38. The average molecular weight is 227 g/mol. The maximum Gasteiger partial charge on any atom is 0.0912 e. The minimum Gasteiger partial charge on any atom is -0.385 e. The van der Waals surface area contributed by atoms with Crippen molar-refractivity contribution in [1.29, 1.82) is 0 Å². The molecule has 88 valence electrons. The van der Waals surface area contributed by atoms with E-state index in [0.717, 1.165) is 18.4 Å². The highest BCUT2D eigenvalue weighted by molar-refractivity contribution is 5.83. The van der Waals surface area contributed by atoms with Gasteiger partial charge in [-0.15, -0.1) is 0 Å². The Bertz CT molecular complexity index is 551. The number of hydrogen-bond acceptors (Lipinski definition) is 2.